The first-order valence-corrected chi connectivity index (χ1v) is 15.3. The van der Waals surface area contributed by atoms with E-state index in [0.29, 0.717) is 25.1 Å². The maximum atomic E-state index is 13.2. The summed E-state index contributed by atoms with van der Waals surface area (Å²) >= 11 is 0. The van der Waals surface area contributed by atoms with E-state index >= 15 is 0 Å². The predicted octanol–water partition coefficient (Wildman–Crippen LogP) is 5.07. The number of piperidine rings is 1. The molecule has 0 saturated carbocycles. The number of imide groups is 2. The Balaban J connectivity index is 0.894. The number of unbranched alkanes of at least 4 members (excludes halogenated alkanes) is 4. The molecule has 4 aromatic rings. The summed E-state index contributed by atoms with van der Waals surface area (Å²) in [4.78, 5) is 71.1. The zero-order valence-electron chi connectivity index (χ0n) is 24.5. The smallest absolute Gasteiger partial charge is 0.264 e. The Kier molecular flexibility index (Phi) is 8.49. The second-order valence-corrected chi connectivity index (χ2v) is 11.6. The van der Waals surface area contributed by atoms with Crippen molar-refractivity contribution >= 4 is 56.9 Å². The van der Waals surface area contributed by atoms with Gasteiger partial charge in [-0.05, 0) is 55.5 Å². The molecule has 2 aliphatic heterocycles. The van der Waals surface area contributed by atoms with Gasteiger partial charge in [0.1, 0.15) is 11.8 Å². The van der Waals surface area contributed by atoms with E-state index in [1.165, 1.54) is 0 Å². The van der Waals surface area contributed by atoms with Crippen LogP contribution in [0.25, 0.3) is 21.8 Å². The van der Waals surface area contributed by atoms with Crippen molar-refractivity contribution in [3.63, 3.8) is 0 Å². The van der Waals surface area contributed by atoms with Crippen LogP contribution in [0.3, 0.4) is 0 Å². The lowest BCUT2D eigenvalue weighted by Gasteiger charge is -2.27. The number of aromatic nitrogens is 2. The number of anilines is 1. The molecule has 10 heteroatoms. The molecule has 1 atom stereocenters. The van der Waals surface area contributed by atoms with Crippen molar-refractivity contribution in [1.82, 2.24) is 20.2 Å². The fourth-order valence-corrected chi connectivity index (χ4v) is 6.22. The summed E-state index contributed by atoms with van der Waals surface area (Å²) in [6, 6.07) is 12.4. The topological polar surface area (TPSA) is 141 Å². The van der Waals surface area contributed by atoms with Crippen molar-refractivity contribution in [1.29, 1.82) is 0 Å². The van der Waals surface area contributed by atoms with Gasteiger partial charge in [0.2, 0.25) is 11.8 Å². The van der Waals surface area contributed by atoms with Crippen LogP contribution in [0.1, 0.15) is 84.1 Å². The largest absolute Gasteiger partial charge is 0.384 e. The molecule has 4 heterocycles. The first kappa shape index (κ1) is 29.2. The molecule has 226 valence electrons. The summed E-state index contributed by atoms with van der Waals surface area (Å²) in [5.74, 6) is -1.75. The molecule has 0 spiro atoms. The van der Waals surface area contributed by atoms with Crippen LogP contribution in [-0.4, -0.2) is 56.9 Å². The molecule has 1 fully saturated rings. The van der Waals surface area contributed by atoms with E-state index in [2.05, 4.69) is 38.8 Å². The summed E-state index contributed by atoms with van der Waals surface area (Å²) in [5, 5.41) is 7.75. The van der Waals surface area contributed by atoms with Gasteiger partial charge < -0.3 is 10.3 Å². The van der Waals surface area contributed by atoms with Crippen LogP contribution >= 0.6 is 0 Å². The van der Waals surface area contributed by atoms with Crippen molar-refractivity contribution < 1.29 is 24.0 Å². The molecule has 1 unspecified atom stereocenters. The number of hydrogen-bond donors (Lipinski definition) is 3. The number of H-pyrrole nitrogens is 1. The van der Waals surface area contributed by atoms with E-state index in [4.69, 9.17) is 0 Å². The van der Waals surface area contributed by atoms with E-state index in [0.717, 1.165) is 70.8 Å². The van der Waals surface area contributed by atoms with Gasteiger partial charge in [-0.2, -0.15) is 0 Å². The van der Waals surface area contributed by atoms with Crippen LogP contribution in [0.4, 0.5) is 5.69 Å². The van der Waals surface area contributed by atoms with E-state index < -0.39 is 29.7 Å². The second-order valence-electron chi connectivity index (χ2n) is 11.6. The quantitative estimate of drug-likeness (QED) is 0.145. The van der Waals surface area contributed by atoms with Crippen LogP contribution in [0, 0.1) is 0 Å². The molecular weight excluding hydrogens is 558 g/mol. The molecule has 44 heavy (non-hydrogen) atoms. The molecule has 2 aromatic heterocycles. The summed E-state index contributed by atoms with van der Waals surface area (Å²) in [7, 11) is 0. The number of carbonyl (C=O) groups is 5. The lowest BCUT2D eigenvalue weighted by Crippen LogP contribution is -2.54. The minimum absolute atomic E-state index is 0.0878. The first-order valence-electron chi connectivity index (χ1n) is 15.3. The van der Waals surface area contributed by atoms with Crippen LogP contribution < -0.4 is 10.6 Å². The van der Waals surface area contributed by atoms with Crippen molar-refractivity contribution in [3.05, 3.63) is 71.5 Å². The van der Waals surface area contributed by atoms with Gasteiger partial charge in [0.25, 0.3) is 11.8 Å². The van der Waals surface area contributed by atoms with Gasteiger partial charge >= 0.3 is 0 Å². The highest BCUT2D eigenvalue weighted by Crippen LogP contribution is 2.32. The number of amides is 4. The van der Waals surface area contributed by atoms with E-state index in [1.54, 1.807) is 24.4 Å². The molecule has 0 aliphatic carbocycles. The maximum absolute atomic E-state index is 13.2. The number of benzene rings is 2. The minimum atomic E-state index is -0.979. The van der Waals surface area contributed by atoms with Gasteiger partial charge in [-0.3, -0.25) is 39.2 Å². The number of ketones is 1. The Hall–Kier alpha value is -4.86. The fourth-order valence-electron chi connectivity index (χ4n) is 6.22. The van der Waals surface area contributed by atoms with E-state index in [-0.39, 0.29) is 29.8 Å². The Bertz CT molecular complexity index is 1780. The summed E-state index contributed by atoms with van der Waals surface area (Å²) in [5.41, 5.74) is 4.40. The number of aryl methyl sites for hydroxylation is 1. The third-order valence-electron chi connectivity index (χ3n) is 8.57. The van der Waals surface area contributed by atoms with Crippen molar-refractivity contribution in [2.45, 2.75) is 70.3 Å². The number of nitrogens with zero attached hydrogens (tertiary/aromatic N) is 2. The van der Waals surface area contributed by atoms with Gasteiger partial charge in [0, 0.05) is 65.7 Å². The average Bonchev–Trinajstić information content (AvgIpc) is 3.51. The zero-order valence-corrected chi connectivity index (χ0v) is 24.5. The lowest BCUT2D eigenvalue weighted by molar-refractivity contribution is -0.136. The molecule has 1 saturated heterocycles. The number of aromatic amines is 1. The monoisotopic (exact) mass is 593 g/mol. The standard InChI is InChI=1S/C34H35N5O5/c40-22(12-10-21-11-13-23-25-20-35-18-16-26(25)37-28(23)19-21)7-4-2-1-3-5-17-36-27-9-6-8-24-31(27)34(44)39(33(24)43)29-14-15-30(41)38-32(29)42/h6,8-9,11,13,16,18-20,29,36-37H,1-5,7,10,12,14-15,17H2,(H,38,41,42). The number of Topliss-reactive ketones (excluding diaryl/α,β-unsaturated/α-hetero) is 1. The average molecular weight is 594 g/mol. The van der Waals surface area contributed by atoms with Crippen molar-refractivity contribution in [2.24, 2.45) is 0 Å². The predicted molar refractivity (Wildman–Crippen MR) is 166 cm³/mol. The van der Waals surface area contributed by atoms with Crippen molar-refractivity contribution in [3.8, 4) is 0 Å². The molecule has 0 bridgehead atoms. The third-order valence-corrected chi connectivity index (χ3v) is 8.57. The summed E-state index contributed by atoms with van der Waals surface area (Å²) in [6.45, 7) is 0.631. The Labute approximate surface area is 254 Å². The number of nitrogens with one attached hydrogen (secondary N) is 3. The number of rotatable bonds is 13. The minimum Gasteiger partial charge on any atom is -0.384 e. The zero-order chi connectivity index (χ0) is 30.6. The van der Waals surface area contributed by atoms with Crippen LogP contribution in [0.2, 0.25) is 0 Å². The lowest BCUT2D eigenvalue weighted by atomic mass is 10.0. The normalized spacial score (nSPS) is 16.5. The molecule has 2 aromatic carbocycles. The van der Waals surface area contributed by atoms with E-state index in [9.17, 15) is 24.0 Å². The van der Waals surface area contributed by atoms with E-state index in [1.807, 2.05) is 12.3 Å². The highest BCUT2D eigenvalue weighted by atomic mass is 16.2. The number of fused-ring (bicyclic) bond motifs is 4. The van der Waals surface area contributed by atoms with Crippen LogP contribution in [-0.2, 0) is 20.8 Å². The molecule has 10 nitrogen and oxygen atoms in total. The SMILES string of the molecule is O=C(CCCCCCCNc1cccc2c1C(=O)N(C1CCC(=O)NC1=O)C2=O)CCc1ccc2c(c1)[nH]c1ccncc12. The third kappa shape index (κ3) is 5.97. The van der Waals surface area contributed by atoms with Crippen molar-refractivity contribution in [2.75, 3.05) is 11.9 Å². The van der Waals surface area contributed by atoms with Gasteiger partial charge in [0.15, 0.2) is 0 Å². The molecule has 4 amide bonds. The summed E-state index contributed by atoms with van der Waals surface area (Å²) < 4.78 is 0. The highest BCUT2D eigenvalue weighted by molar-refractivity contribution is 6.25. The van der Waals surface area contributed by atoms with Gasteiger partial charge in [0.05, 0.1) is 11.1 Å². The van der Waals surface area contributed by atoms with Gasteiger partial charge in [-0.25, -0.2) is 0 Å². The molecule has 3 N–H and O–H groups in total. The molecule has 0 radical (unpaired) electrons. The first-order chi connectivity index (χ1) is 21.4. The Morgan fingerprint density at radius 3 is 2.61 bits per heavy atom. The molecule has 2 aliphatic rings. The number of hydrogen-bond acceptors (Lipinski definition) is 7. The number of carbonyl (C=O) groups excluding carboxylic acids is 5. The molecule has 6 rings (SSSR count). The molecular formula is C34H35N5O5. The maximum Gasteiger partial charge on any atom is 0.264 e. The van der Waals surface area contributed by atoms with Crippen LogP contribution in [0.15, 0.2) is 54.9 Å². The van der Waals surface area contributed by atoms with Gasteiger partial charge in [-0.1, -0.05) is 37.5 Å². The van der Waals surface area contributed by atoms with Gasteiger partial charge in [-0.15, -0.1) is 0 Å². The summed E-state index contributed by atoms with van der Waals surface area (Å²) in [6.07, 6.45) is 10.4. The highest BCUT2D eigenvalue weighted by Gasteiger charge is 2.45. The Morgan fingerprint density at radius 1 is 0.909 bits per heavy atom. The second kappa shape index (κ2) is 12.8. The van der Waals surface area contributed by atoms with Crippen LogP contribution in [0.5, 0.6) is 0 Å². The fraction of sp³-hybridized carbons (Fsp3) is 0.353. The Morgan fingerprint density at radius 2 is 1.75 bits per heavy atom. The number of pyridine rings is 1.